The molecule has 3 nitrogen and oxygen atoms in total. The lowest BCUT2D eigenvalue weighted by molar-refractivity contribution is 0.0843. The highest BCUT2D eigenvalue weighted by molar-refractivity contribution is 5.96. The number of nitrogen functional groups attached to an aromatic ring is 1. The van der Waals surface area contributed by atoms with E-state index in [0.717, 1.165) is 35.1 Å². The van der Waals surface area contributed by atoms with Crippen LogP contribution in [0.25, 0.3) is 10.9 Å². The van der Waals surface area contributed by atoms with Gasteiger partial charge in [-0.1, -0.05) is 24.3 Å². The fraction of sp³-hybridized carbons (Fsp3) is 0.211. The summed E-state index contributed by atoms with van der Waals surface area (Å²) in [7, 11) is 0. The van der Waals surface area contributed by atoms with Crippen LogP contribution in [0.1, 0.15) is 21.6 Å². The van der Waals surface area contributed by atoms with Crippen molar-refractivity contribution >= 4 is 22.5 Å². The van der Waals surface area contributed by atoms with E-state index in [0.29, 0.717) is 0 Å². The molecule has 0 aliphatic heterocycles. The van der Waals surface area contributed by atoms with Crippen LogP contribution < -0.4 is 5.73 Å². The van der Waals surface area contributed by atoms with Crippen LogP contribution in [-0.4, -0.2) is 10.5 Å². The molecule has 0 atom stereocenters. The molecule has 1 aliphatic rings. The summed E-state index contributed by atoms with van der Waals surface area (Å²) in [4.78, 5) is 13.0. The standard InChI is InChI=1S/C19H18N2O/c1-12-8-15-11-17(20)6-7-18(15)21(12)19(22)16-9-13-4-2-3-5-14(13)10-16/h2-8,11,16H,9-10,20H2,1H3. The summed E-state index contributed by atoms with van der Waals surface area (Å²) in [5, 5.41) is 1.03. The highest BCUT2D eigenvalue weighted by Gasteiger charge is 2.29. The monoisotopic (exact) mass is 290 g/mol. The number of fused-ring (bicyclic) bond motifs is 2. The molecule has 0 fully saturated rings. The average molecular weight is 290 g/mol. The number of aryl methyl sites for hydroxylation is 1. The lowest BCUT2D eigenvalue weighted by Gasteiger charge is -2.12. The molecular weight excluding hydrogens is 272 g/mol. The number of hydrogen-bond acceptors (Lipinski definition) is 2. The number of rotatable bonds is 1. The van der Waals surface area contributed by atoms with Crippen LogP contribution in [0.5, 0.6) is 0 Å². The molecule has 3 aromatic rings. The van der Waals surface area contributed by atoms with Gasteiger partial charge in [-0.15, -0.1) is 0 Å². The summed E-state index contributed by atoms with van der Waals surface area (Å²) >= 11 is 0. The molecule has 3 heteroatoms. The van der Waals surface area contributed by atoms with Crippen molar-refractivity contribution in [1.29, 1.82) is 0 Å². The molecular formula is C19H18N2O. The number of carbonyl (C=O) groups is 1. The Bertz CT molecular complexity index is 867. The molecule has 4 rings (SSSR count). The van der Waals surface area contributed by atoms with Gasteiger partial charge in [-0.05, 0) is 55.2 Å². The molecule has 1 heterocycles. The first-order valence-corrected chi connectivity index (χ1v) is 7.62. The van der Waals surface area contributed by atoms with E-state index >= 15 is 0 Å². The van der Waals surface area contributed by atoms with Crippen LogP contribution in [0.2, 0.25) is 0 Å². The van der Waals surface area contributed by atoms with Crippen LogP contribution in [-0.2, 0) is 12.8 Å². The van der Waals surface area contributed by atoms with Crippen LogP contribution in [0.4, 0.5) is 5.69 Å². The molecule has 1 aromatic heterocycles. The lowest BCUT2D eigenvalue weighted by atomic mass is 10.1. The highest BCUT2D eigenvalue weighted by Crippen LogP contribution is 2.30. The summed E-state index contributed by atoms with van der Waals surface area (Å²) < 4.78 is 1.85. The molecule has 0 saturated carbocycles. The van der Waals surface area contributed by atoms with Gasteiger partial charge in [-0.3, -0.25) is 9.36 Å². The number of benzene rings is 2. The van der Waals surface area contributed by atoms with Crippen molar-refractivity contribution in [2.24, 2.45) is 5.92 Å². The quantitative estimate of drug-likeness (QED) is 0.696. The second kappa shape index (κ2) is 4.73. The Morgan fingerprint density at radius 2 is 1.77 bits per heavy atom. The number of nitrogens with two attached hydrogens (primary N) is 1. The molecule has 0 saturated heterocycles. The molecule has 0 bridgehead atoms. The zero-order chi connectivity index (χ0) is 15.3. The second-order valence-electron chi connectivity index (χ2n) is 6.15. The van der Waals surface area contributed by atoms with E-state index in [4.69, 9.17) is 5.73 Å². The van der Waals surface area contributed by atoms with Gasteiger partial charge in [-0.2, -0.15) is 0 Å². The van der Waals surface area contributed by atoms with Crippen LogP contribution in [0.15, 0.2) is 48.5 Å². The number of nitrogens with zero attached hydrogens (tertiary/aromatic N) is 1. The van der Waals surface area contributed by atoms with Gasteiger partial charge in [0.2, 0.25) is 5.91 Å². The number of aromatic nitrogens is 1. The van der Waals surface area contributed by atoms with E-state index < -0.39 is 0 Å². The minimum absolute atomic E-state index is 0.0317. The third kappa shape index (κ3) is 1.93. The molecule has 0 amide bonds. The van der Waals surface area contributed by atoms with Crippen molar-refractivity contribution in [1.82, 2.24) is 4.57 Å². The van der Waals surface area contributed by atoms with Crippen molar-refractivity contribution in [3.63, 3.8) is 0 Å². The molecule has 2 N–H and O–H groups in total. The zero-order valence-electron chi connectivity index (χ0n) is 12.5. The average Bonchev–Trinajstić information content (AvgIpc) is 3.06. The van der Waals surface area contributed by atoms with E-state index in [2.05, 4.69) is 12.1 Å². The zero-order valence-corrected chi connectivity index (χ0v) is 12.5. The molecule has 0 spiro atoms. The largest absolute Gasteiger partial charge is 0.399 e. The maximum Gasteiger partial charge on any atom is 0.235 e. The normalized spacial score (nSPS) is 14.4. The number of carbonyl (C=O) groups excluding carboxylic acids is 1. The predicted octanol–water partition coefficient (Wildman–Crippen LogP) is 3.59. The minimum atomic E-state index is 0.0317. The van der Waals surface area contributed by atoms with Gasteiger partial charge in [0.1, 0.15) is 0 Å². The molecule has 0 radical (unpaired) electrons. The van der Waals surface area contributed by atoms with Crippen molar-refractivity contribution in [2.45, 2.75) is 19.8 Å². The van der Waals surface area contributed by atoms with Gasteiger partial charge in [0, 0.05) is 22.7 Å². The Labute approximate surface area is 129 Å². The fourth-order valence-corrected chi connectivity index (χ4v) is 3.58. The summed E-state index contributed by atoms with van der Waals surface area (Å²) in [5.41, 5.74) is 11.1. The summed E-state index contributed by atoms with van der Waals surface area (Å²) in [5.74, 6) is 0.220. The molecule has 110 valence electrons. The van der Waals surface area contributed by atoms with Gasteiger partial charge in [0.15, 0.2) is 0 Å². The molecule has 22 heavy (non-hydrogen) atoms. The van der Waals surface area contributed by atoms with Gasteiger partial charge < -0.3 is 5.73 Å². The Balaban J connectivity index is 1.74. The summed E-state index contributed by atoms with van der Waals surface area (Å²) in [6.45, 7) is 1.98. The number of hydrogen-bond donors (Lipinski definition) is 1. The third-order valence-electron chi connectivity index (χ3n) is 4.63. The third-order valence-corrected chi connectivity index (χ3v) is 4.63. The highest BCUT2D eigenvalue weighted by atomic mass is 16.2. The van der Waals surface area contributed by atoms with Gasteiger partial charge in [0.05, 0.1) is 5.52 Å². The van der Waals surface area contributed by atoms with Crippen LogP contribution in [0.3, 0.4) is 0 Å². The van der Waals surface area contributed by atoms with E-state index in [1.165, 1.54) is 11.1 Å². The summed E-state index contributed by atoms with van der Waals surface area (Å²) in [6.07, 6.45) is 1.67. The fourth-order valence-electron chi connectivity index (χ4n) is 3.58. The Morgan fingerprint density at radius 1 is 1.09 bits per heavy atom. The smallest absolute Gasteiger partial charge is 0.235 e. The topological polar surface area (TPSA) is 48.0 Å². The van der Waals surface area contributed by atoms with Crippen LogP contribution >= 0.6 is 0 Å². The van der Waals surface area contributed by atoms with Crippen LogP contribution in [0, 0.1) is 12.8 Å². The van der Waals surface area contributed by atoms with Crippen molar-refractivity contribution in [3.05, 3.63) is 65.4 Å². The van der Waals surface area contributed by atoms with E-state index in [1.54, 1.807) is 0 Å². The lowest BCUT2D eigenvalue weighted by Crippen LogP contribution is -2.23. The van der Waals surface area contributed by atoms with Gasteiger partial charge in [0.25, 0.3) is 0 Å². The number of anilines is 1. The second-order valence-corrected chi connectivity index (χ2v) is 6.15. The summed E-state index contributed by atoms with van der Waals surface area (Å²) in [6, 6.07) is 16.1. The van der Waals surface area contributed by atoms with Crippen molar-refractivity contribution < 1.29 is 4.79 Å². The molecule has 0 unspecified atom stereocenters. The molecule has 2 aromatic carbocycles. The van der Waals surface area contributed by atoms with Gasteiger partial charge in [-0.25, -0.2) is 0 Å². The Hall–Kier alpha value is -2.55. The first kappa shape index (κ1) is 13.1. The van der Waals surface area contributed by atoms with Gasteiger partial charge >= 0.3 is 0 Å². The van der Waals surface area contributed by atoms with Crippen molar-refractivity contribution in [2.75, 3.05) is 5.73 Å². The first-order chi connectivity index (χ1) is 10.6. The molecule has 1 aliphatic carbocycles. The maximum atomic E-state index is 13.0. The Kier molecular flexibility index (Phi) is 2.83. The first-order valence-electron chi connectivity index (χ1n) is 7.62. The van der Waals surface area contributed by atoms with E-state index in [9.17, 15) is 4.79 Å². The Morgan fingerprint density at radius 3 is 2.45 bits per heavy atom. The maximum absolute atomic E-state index is 13.0. The minimum Gasteiger partial charge on any atom is -0.399 e. The predicted molar refractivity (Wildman–Crippen MR) is 89.1 cm³/mol. The van der Waals surface area contributed by atoms with Crippen molar-refractivity contribution in [3.8, 4) is 0 Å². The van der Waals surface area contributed by atoms with E-state index in [1.807, 2.05) is 47.9 Å². The van der Waals surface area contributed by atoms with E-state index in [-0.39, 0.29) is 11.8 Å². The SMILES string of the molecule is Cc1cc2cc(N)ccc2n1C(=O)C1Cc2ccccc2C1.